The van der Waals surface area contributed by atoms with E-state index < -0.39 is 0 Å². The lowest BCUT2D eigenvalue weighted by atomic mass is 10.4. The Morgan fingerprint density at radius 1 is 1.30 bits per heavy atom. The Balaban J connectivity index is 2.38. The Morgan fingerprint density at radius 2 is 2.00 bits per heavy atom. The molecule has 0 fully saturated rings. The fourth-order valence-corrected chi connectivity index (χ4v) is 1.64. The molecule has 7 heteroatoms. The van der Waals surface area contributed by atoms with Crippen LogP contribution in [0.25, 0.3) is 0 Å². The minimum absolute atomic E-state index is 0.312. The first-order valence-electron chi connectivity index (χ1n) is 6.47. The van der Waals surface area contributed by atoms with Crippen LogP contribution in [0.2, 0.25) is 0 Å². The van der Waals surface area contributed by atoms with E-state index in [1.807, 2.05) is 13.8 Å². The van der Waals surface area contributed by atoms with Crippen LogP contribution in [0, 0.1) is 0 Å². The van der Waals surface area contributed by atoms with E-state index in [4.69, 9.17) is 26.4 Å². The zero-order valence-corrected chi connectivity index (χ0v) is 12.8. The van der Waals surface area contributed by atoms with Crippen molar-refractivity contribution >= 4 is 23.1 Å². The summed E-state index contributed by atoms with van der Waals surface area (Å²) in [6.07, 6.45) is 1.31. The van der Waals surface area contributed by atoms with Crippen LogP contribution < -0.4 is 15.4 Å². The number of ether oxygens (including phenoxy) is 3. The first-order chi connectivity index (χ1) is 9.69. The Kier molecular flexibility index (Phi) is 7.86. The van der Waals surface area contributed by atoms with Gasteiger partial charge in [-0.05, 0) is 38.2 Å². The van der Waals surface area contributed by atoms with Gasteiger partial charge >= 0.3 is 0 Å². The van der Waals surface area contributed by atoms with Gasteiger partial charge in [0.2, 0.25) is 0 Å². The highest BCUT2D eigenvalue weighted by atomic mass is 32.1. The zero-order valence-electron chi connectivity index (χ0n) is 12.0. The summed E-state index contributed by atoms with van der Waals surface area (Å²) in [6, 6.07) is 3.59. The molecule has 0 bridgehead atoms. The summed E-state index contributed by atoms with van der Waals surface area (Å²) >= 11 is 5.18. The van der Waals surface area contributed by atoms with Crippen LogP contribution in [0.4, 0.5) is 5.82 Å². The number of thiocarbonyl (C=S) groups is 1. The highest BCUT2D eigenvalue weighted by Crippen LogP contribution is 2.10. The fourth-order valence-electron chi connectivity index (χ4n) is 1.45. The topological polar surface area (TPSA) is 64.6 Å². The maximum Gasteiger partial charge on any atom is 0.174 e. The van der Waals surface area contributed by atoms with Gasteiger partial charge in [-0.25, -0.2) is 4.98 Å². The molecule has 0 aliphatic carbocycles. The quantitative estimate of drug-likeness (QED) is 0.560. The molecule has 1 rings (SSSR count). The number of pyridine rings is 1. The van der Waals surface area contributed by atoms with Crippen molar-refractivity contribution in [2.45, 2.75) is 20.1 Å². The molecule has 1 heterocycles. The predicted molar refractivity (Wildman–Crippen MR) is 82.1 cm³/mol. The van der Waals surface area contributed by atoms with Crippen molar-refractivity contribution in [2.75, 3.05) is 32.2 Å². The Hall–Kier alpha value is -1.44. The van der Waals surface area contributed by atoms with E-state index in [1.165, 1.54) is 0 Å². The molecule has 1 aromatic rings. The first kappa shape index (κ1) is 16.6. The van der Waals surface area contributed by atoms with Gasteiger partial charge in [0.25, 0.3) is 0 Å². The van der Waals surface area contributed by atoms with Crippen molar-refractivity contribution < 1.29 is 14.2 Å². The Labute approximate surface area is 124 Å². The summed E-state index contributed by atoms with van der Waals surface area (Å²) in [4.78, 5) is 4.16. The van der Waals surface area contributed by atoms with Crippen LogP contribution in [-0.2, 0) is 9.47 Å². The minimum atomic E-state index is -0.312. The number of nitrogens with zero attached hydrogens (tertiary/aromatic N) is 1. The average Bonchev–Trinajstić information content (AvgIpc) is 2.46. The predicted octanol–water partition coefficient (Wildman–Crippen LogP) is 1.78. The second kappa shape index (κ2) is 9.46. The number of hydrogen-bond acceptors (Lipinski definition) is 5. The highest BCUT2D eigenvalue weighted by molar-refractivity contribution is 7.80. The van der Waals surface area contributed by atoms with Crippen LogP contribution in [0.5, 0.6) is 5.75 Å². The van der Waals surface area contributed by atoms with E-state index in [9.17, 15) is 0 Å². The van der Waals surface area contributed by atoms with Crippen LogP contribution in [-0.4, -0.2) is 43.3 Å². The lowest BCUT2D eigenvalue weighted by Gasteiger charge is -2.18. The summed E-state index contributed by atoms with van der Waals surface area (Å²) in [5.41, 5.74) is 0. The molecule has 20 heavy (non-hydrogen) atoms. The molecule has 0 spiro atoms. The summed E-state index contributed by atoms with van der Waals surface area (Å²) < 4.78 is 15.9. The third-order valence-corrected chi connectivity index (χ3v) is 2.59. The molecule has 0 aliphatic rings. The molecule has 2 N–H and O–H groups in total. The van der Waals surface area contributed by atoms with Gasteiger partial charge in [0.15, 0.2) is 11.4 Å². The lowest BCUT2D eigenvalue weighted by Crippen LogP contribution is -2.37. The van der Waals surface area contributed by atoms with Crippen molar-refractivity contribution in [3.05, 3.63) is 18.3 Å². The highest BCUT2D eigenvalue weighted by Gasteiger charge is 2.08. The third-order valence-electron chi connectivity index (χ3n) is 2.35. The molecular weight excluding hydrogens is 278 g/mol. The van der Waals surface area contributed by atoms with Gasteiger partial charge in [-0.3, -0.25) is 0 Å². The molecule has 0 aliphatic heterocycles. The Morgan fingerprint density at radius 3 is 2.50 bits per heavy atom. The molecule has 0 unspecified atom stereocenters. The molecule has 0 saturated heterocycles. The van der Waals surface area contributed by atoms with Crippen molar-refractivity contribution in [3.63, 3.8) is 0 Å². The van der Waals surface area contributed by atoms with Crippen molar-refractivity contribution in [1.82, 2.24) is 10.3 Å². The number of aromatic nitrogens is 1. The van der Waals surface area contributed by atoms with Gasteiger partial charge in [0.05, 0.1) is 19.9 Å². The standard InChI is InChI=1S/C13H21N3O3S/c1-4-18-12(19-5-2)9-15-13(20)16-11-7-6-10(17-3)8-14-11/h6-8,12H,4-5,9H2,1-3H3,(H2,14,15,16,20). The summed E-state index contributed by atoms with van der Waals surface area (Å²) in [5.74, 6) is 1.34. The molecule has 1 aromatic heterocycles. The molecule has 0 saturated carbocycles. The number of hydrogen-bond donors (Lipinski definition) is 2. The van der Waals surface area contributed by atoms with Crippen molar-refractivity contribution in [2.24, 2.45) is 0 Å². The van der Waals surface area contributed by atoms with Gasteiger partial charge in [-0.15, -0.1) is 0 Å². The largest absolute Gasteiger partial charge is 0.495 e. The number of rotatable bonds is 8. The monoisotopic (exact) mass is 299 g/mol. The van der Waals surface area contributed by atoms with Gasteiger partial charge in [-0.2, -0.15) is 0 Å². The molecular formula is C13H21N3O3S. The van der Waals surface area contributed by atoms with Crippen LogP contribution in [0.15, 0.2) is 18.3 Å². The van der Waals surface area contributed by atoms with Gasteiger partial charge < -0.3 is 24.8 Å². The maximum atomic E-state index is 5.41. The van der Waals surface area contributed by atoms with E-state index in [-0.39, 0.29) is 6.29 Å². The van der Waals surface area contributed by atoms with Crippen LogP contribution in [0.3, 0.4) is 0 Å². The summed E-state index contributed by atoms with van der Waals surface area (Å²) in [6.45, 7) is 5.50. The molecule has 0 aromatic carbocycles. The Bertz CT molecular complexity index is 394. The third kappa shape index (κ3) is 6.14. The van der Waals surface area contributed by atoms with E-state index in [2.05, 4.69) is 15.6 Å². The SMILES string of the molecule is CCOC(CNC(=S)Nc1ccc(OC)cn1)OCC. The molecule has 0 radical (unpaired) electrons. The summed E-state index contributed by atoms with van der Waals surface area (Å²) in [7, 11) is 1.60. The lowest BCUT2D eigenvalue weighted by molar-refractivity contribution is -0.130. The fraction of sp³-hybridized carbons (Fsp3) is 0.538. The summed E-state index contributed by atoms with van der Waals surface area (Å²) in [5, 5.41) is 6.47. The molecule has 0 amide bonds. The second-order valence-electron chi connectivity index (χ2n) is 3.76. The second-order valence-corrected chi connectivity index (χ2v) is 4.17. The van der Waals surface area contributed by atoms with Gasteiger partial charge in [-0.1, -0.05) is 0 Å². The van der Waals surface area contributed by atoms with Gasteiger partial charge in [0.1, 0.15) is 11.6 Å². The number of anilines is 1. The zero-order chi connectivity index (χ0) is 14.8. The number of nitrogens with one attached hydrogen (secondary N) is 2. The molecule has 112 valence electrons. The average molecular weight is 299 g/mol. The molecule has 0 atom stereocenters. The van der Waals surface area contributed by atoms with E-state index in [0.29, 0.717) is 36.4 Å². The van der Waals surface area contributed by atoms with E-state index in [0.717, 1.165) is 0 Å². The first-order valence-corrected chi connectivity index (χ1v) is 6.88. The maximum absolute atomic E-state index is 5.41. The van der Waals surface area contributed by atoms with Gasteiger partial charge in [0, 0.05) is 13.2 Å². The minimum Gasteiger partial charge on any atom is -0.495 e. The van der Waals surface area contributed by atoms with Crippen LogP contribution in [0.1, 0.15) is 13.8 Å². The normalized spacial score (nSPS) is 10.4. The van der Waals surface area contributed by atoms with E-state index >= 15 is 0 Å². The van der Waals surface area contributed by atoms with Crippen LogP contribution >= 0.6 is 12.2 Å². The van der Waals surface area contributed by atoms with Crippen molar-refractivity contribution in [3.8, 4) is 5.75 Å². The van der Waals surface area contributed by atoms with E-state index in [1.54, 1.807) is 25.4 Å². The smallest absolute Gasteiger partial charge is 0.174 e. The molecule has 6 nitrogen and oxygen atoms in total. The van der Waals surface area contributed by atoms with Crippen molar-refractivity contribution in [1.29, 1.82) is 0 Å². The number of methoxy groups -OCH3 is 1.